The number of fused-ring (bicyclic) bond motifs is 10. The van der Waals surface area contributed by atoms with Crippen LogP contribution in [-0.4, -0.2) is 4.57 Å². The first-order valence-corrected chi connectivity index (χ1v) is 13.0. The summed E-state index contributed by atoms with van der Waals surface area (Å²) in [5.74, 6) is 0. The van der Waals surface area contributed by atoms with E-state index in [2.05, 4.69) is 138 Å². The smallest absolute Gasteiger partial charge is 0.135 e. The van der Waals surface area contributed by atoms with Crippen LogP contribution in [0, 0.1) is 0 Å². The summed E-state index contributed by atoms with van der Waals surface area (Å²) in [6.07, 6.45) is 0. The number of rotatable bonds is 1. The number of hydrogen-bond donors (Lipinski definition) is 0. The van der Waals surface area contributed by atoms with Crippen molar-refractivity contribution in [3.63, 3.8) is 0 Å². The van der Waals surface area contributed by atoms with E-state index in [0.29, 0.717) is 0 Å². The molecule has 8 rings (SSSR count). The van der Waals surface area contributed by atoms with Crippen LogP contribution in [-0.2, 0) is 0 Å². The Bertz CT molecular complexity index is 2190. The summed E-state index contributed by atoms with van der Waals surface area (Å²) in [7, 11) is 0. The van der Waals surface area contributed by atoms with Crippen LogP contribution >= 0.6 is 0 Å². The molecule has 0 fully saturated rings. The SMILES string of the molecule is c1ccc2c(c1)oc1ccc(-n3c4ccccc4c4ccccc43)cc1c1ccccc1c1ccccc21. The summed E-state index contributed by atoms with van der Waals surface area (Å²) in [6, 6.07) is 49.5. The molecule has 0 N–H and O–H groups in total. The Hall–Kier alpha value is -5.08. The first kappa shape index (κ1) is 21.0. The number of aromatic nitrogens is 1. The van der Waals surface area contributed by atoms with Crippen molar-refractivity contribution < 1.29 is 4.42 Å². The summed E-state index contributed by atoms with van der Waals surface area (Å²) in [5, 5.41) is 9.41. The second-order valence-electron chi connectivity index (χ2n) is 9.74. The van der Waals surface area contributed by atoms with E-state index in [-0.39, 0.29) is 0 Å². The van der Waals surface area contributed by atoms with E-state index in [1.807, 2.05) is 6.07 Å². The highest BCUT2D eigenvalue weighted by Gasteiger charge is 2.13. The van der Waals surface area contributed by atoms with Gasteiger partial charge >= 0.3 is 0 Å². The standard InChI is InChI=1S/C36H23NO/c1-3-13-27-25(11-1)26-12-2-4-14-28(26)32-23-24(21-22-36(32)38-35-20-10-7-17-31(27)35)37-33-18-8-5-15-29(33)30-16-6-9-19-34(30)37/h1-23H. The third kappa shape index (κ3) is 3.07. The number of para-hydroxylation sites is 3. The number of benzene rings is 6. The Morgan fingerprint density at radius 2 is 0.763 bits per heavy atom. The first-order chi connectivity index (χ1) is 18.9. The molecule has 2 aromatic heterocycles. The molecule has 0 aliphatic heterocycles. The fraction of sp³-hybridized carbons (Fsp3) is 0. The second-order valence-corrected chi connectivity index (χ2v) is 9.74. The van der Waals surface area contributed by atoms with Crippen molar-refractivity contribution in [3.8, 4) is 5.69 Å². The predicted molar refractivity (Wildman–Crippen MR) is 161 cm³/mol. The van der Waals surface area contributed by atoms with E-state index < -0.39 is 0 Å². The fourth-order valence-electron chi connectivity index (χ4n) is 5.96. The molecule has 0 radical (unpaired) electrons. The van der Waals surface area contributed by atoms with E-state index in [9.17, 15) is 0 Å². The molecule has 0 atom stereocenters. The van der Waals surface area contributed by atoms with Crippen molar-refractivity contribution in [2.24, 2.45) is 0 Å². The van der Waals surface area contributed by atoms with Gasteiger partial charge in [-0.2, -0.15) is 0 Å². The van der Waals surface area contributed by atoms with E-state index >= 15 is 0 Å². The lowest BCUT2D eigenvalue weighted by Crippen LogP contribution is -1.93. The first-order valence-electron chi connectivity index (χ1n) is 13.0. The molecule has 0 amide bonds. The van der Waals surface area contributed by atoms with Gasteiger partial charge in [0.05, 0.1) is 11.0 Å². The van der Waals surface area contributed by atoms with Gasteiger partial charge in [-0.15, -0.1) is 0 Å². The summed E-state index contributed by atoms with van der Waals surface area (Å²) in [4.78, 5) is 0. The average molecular weight is 486 g/mol. The molecule has 2 nitrogen and oxygen atoms in total. The fourth-order valence-corrected chi connectivity index (χ4v) is 5.96. The molecule has 2 heterocycles. The maximum Gasteiger partial charge on any atom is 0.135 e. The van der Waals surface area contributed by atoms with Gasteiger partial charge in [-0.3, -0.25) is 0 Å². The van der Waals surface area contributed by atoms with E-state index in [0.717, 1.165) is 33.0 Å². The zero-order valence-corrected chi connectivity index (χ0v) is 20.6. The maximum absolute atomic E-state index is 6.71. The Kier molecular flexibility index (Phi) is 4.55. The molecule has 0 unspecified atom stereocenters. The Morgan fingerprint density at radius 1 is 0.342 bits per heavy atom. The van der Waals surface area contributed by atoms with Crippen LogP contribution in [0.1, 0.15) is 0 Å². The Morgan fingerprint density at radius 3 is 1.37 bits per heavy atom. The van der Waals surface area contributed by atoms with Crippen LogP contribution < -0.4 is 0 Å². The van der Waals surface area contributed by atoms with E-state index in [1.165, 1.54) is 38.0 Å². The van der Waals surface area contributed by atoms with Crippen molar-refractivity contribution in [2.75, 3.05) is 0 Å². The third-order valence-corrected chi connectivity index (χ3v) is 7.63. The van der Waals surface area contributed by atoms with Crippen LogP contribution in [0.4, 0.5) is 0 Å². The van der Waals surface area contributed by atoms with Gasteiger partial charge in [-0.05, 0) is 57.9 Å². The minimum Gasteiger partial charge on any atom is -0.456 e. The van der Waals surface area contributed by atoms with Gasteiger partial charge in [0.2, 0.25) is 0 Å². The van der Waals surface area contributed by atoms with Crippen LogP contribution in [0.3, 0.4) is 0 Å². The lowest BCUT2D eigenvalue weighted by Gasteiger charge is -2.09. The van der Waals surface area contributed by atoms with Crippen molar-refractivity contribution in [1.29, 1.82) is 0 Å². The van der Waals surface area contributed by atoms with E-state index in [4.69, 9.17) is 4.42 Å². The Balaban J connectivity index is 1.60. The summed E-state index contributed by atoms with van der Waals surface area (Å²) in [5.41, 5.74) is 5.21. The molecule has 8 aromatic rings. The zero-order valence-electron chi connectivity index (χ0n) is 20.6. The van der Waals surface area contributed by atoms with Gasteiger partial charge in [0, 0.05) is 27.2 Å². The quantitative estimate of drug-likeness (QED) is 0.226. The summed E-state index contributed by atoms with van der Waals surface area (Å²) in [6.45, 7) is 0. The second kappa shape index (κ2) is 8.22. The highest BCUT2D eigenvalue weighted by Crippen LogP contribution is 2.36. The van der Waals surface area contributed by atoms with Crippen molar-refractivity contribution in [2.45, 2.75) is 0 Å². The molecule has 0 aliphatic carbocycles. The minimum atomic E-state index is 0.849. The normalized spacial score (nSPS) is 11.7. The largest absolute Gasteiger partial charge is 0.456 e. The number of hydrogen-bond acceptors (Lipinski definition) is 1. The lowest BCUT2D eigenvalue weighted by atomic mass is 10.0. The van der Waals surface area contributed by atoms with Gasteiger partial charge in [0.25, 0.3) is 0 Å². The molecule has 0 bridgehead atoms. The monoisotopic (exact) mass is 485 g/mol. The highest BCUT2D eigenvalue weighted by molar-refractivity contribution is 6.18. The topological polar surface area (TPSA) is 18.1 Å². The Labute approximate surface area is 219 Å². The molecule has 6 aromatic carbocycles. The zero-order chi connectivity index (χ0) is 25.1. The van der Waals surface area contributed by atoms with E-state index in [1.54, 1.807) is 0 Å². The summed E-state index contributed by atoms with van der Waals surface area (Å²) < 4.78 is 9.08. The van der Waals surface area contributed by atoms with Gasteiger partial charge in [0.15, 0.2) is 0 Å². The van der Waals surface area contributed by atoms with Crippen molar-refractivity contribution in [3.05, 3.63) is 140 Å². The summed E-state index contributed by atoms with van der Waals surface area (Å²) >= 11 is 0. The highest BCUT2D eigenvalue weighted by atomic mass is 16.3. The number of nitrogens with zero attached hydrogens (tertiary/aromatic N) is 1. The van der Waals surface area contributed by atoms with Crippen LogP contribution in [0.15, 0.2) is 144 Å². The molecule has 0 aliphatic rings. The molecule has 2 heteroatoms. The molecule has 0 saturated heterocycles. The predicted octanol–water partition coefficient (Wildman–Crippen LogP) is 10.1. The minimum absolute atomic E-state index is 0.849. The van der Waals surface area contributed by atoms with Gasteiger partial charge in [-0.1, -0.05) is 103 Å². The molecule has 0 spiro atoms. The molecular formula is C36H23NO. The average Bonchev–Trinajstić information content (AvgIpc) is 3.34. The molecular weight excluding hydrogens is 462 g/mol. The van der Waals surface area contributed by atoms with Gasteiger partial charge < -0.3 is 8.98 Å². The lowest BCUT2D eigenvalue weighted by molar-refractivity contribution is 0.663. The maximum atomic E-state index is 6.71. The molecule has 0 saturated carbocycles. The van der Waals surface area contributed by atoms with Crippen LogP contribution in [0.25, 0.3) is 71.0 Å². The van der Waals surface area contributed by atoms with Crippen LogP contribution in [0.5, 0.6) is 0 Å². The van der Waals surface area contributed by atoms with Crippen molar-refractivity contribution in [1.82, 2.24) is 4.57 Å². The van der Waals surface area contributed by atoms with Crippen molar-refractivity contribution >= 4 is 65.3 Å². The third-order valence-electron chi connectivity index (χ3n) is 7.63. The molecule has 178 valence electrons. The molecule has 38 heavy (non-hydrogen) atoms. The van der Waals surface area contributed by atoms with Gasteiger partial charge in [0.1, 0.15) is 11.2 Å². The van der Waals surface area contributed by atoms with Crippen LogP contribution in [0.2, 0.25) is 0 Å². The van der Waals surface area contributed by atoms with Gasteiger partial charge in [-0.25, -0.2) is 0 Å².